The average Bonchev–Trinajstić information content (AvgIpc) is 2.45. The summed E-state index contributed by atoms with van der Waals surface area (Å²) in [6.45, 7) is 6.15. The summed E-state index contributed by atoms with van der Waals surface area (Å²) in [5.74, 6) is 0.00737. The van der Waals surface area contributed by atoms with E-state index >= 15 is 0 Å². The molecule has 0 atom stereocenters. The van der Waals surface area contributed by atoms with Crippen LogP contribution in [0.1, 0.15) is 63.5 Å². The van der Waals surface area contributed by atoms with Crippen LogP contribution in [-0.4, -0.2) is 11.6 Å². The number of hydrogen-bond acceptors (Lipinski definition) is 2. The van der Waals surface area contributed by atoms with Gasteiger partial charge in [0.15, 0.2) is 0 Å². The van der Waals surface area contributed by atoms with E-state index in [9.17, 15) is 4.79 Å². The molecular formula is C17H26N2O. The molecule has 0 aliphatic carbocycles. The van der Waals surface area contributed by atoms with Gasteiger partial charge in [-0.05, 0) is 25.8 Å². The molecule has 0 radical (unpaired) electrons. The van der Waals surface area contributed by atoms with Gasteiger partial charge in [0.05, 0.1) is 5.71 Å². The maximum Gasteiger partial charge on any atom is 0.240 e. The van der Waals surface area contributed by atoms with Gasteiger partial charge in [-0.3, -0.25) is 4.79 Å². The van der Waals surface area contributed by atoms with E-state index in [-0.39, 0.29) is 5.91 Å². The fourth-order valence-electron chi connectivity index (χ4n) is 1.95. The van der Waals surface area contributed by atoms with E-state index in [1.807, 2.05) is 31.2 Å². The first-order chi connectivity index (χ1) is 9.63. The molecule has 0 spiro atoms. The minimum Gasteiger partial charge on any atom is -0.273 e. The van der Waals surface area contributed by atoms with Crippen LogP contribution in [0.2, 0.25) is 0 Å². The largest absolute Gasteiger partial charge is 0.273 e. The Labute approximate surface area is 122 Å². The van der Waals surface area contributed by atoms with Gasteiger partial charge in [0.25, 0.3) is 0 Å². The minimum absolute atomic E-state index is 0.00737. The fraction of sp³-hybridized carbons (Fsp3) is 0.529. The van der Waals surface area contributed by atoms with Crippen molar-refractivity contribution in [2.24, 2.45) is 5.10 Å². The molecule has 1 aromatic rings. The molecule has 0 saturated carbocycles. The highest BCUT2D eigenvalue weighted by molar-refractivity contribution is 5.99. The number of carbonyl (C=O) groups is 1. The number of amides is 1. The minimum atomic E-state index is 0.00737. The fourth-order valence-corrected chi connectivity index (χ4v) is 1.95. The predicted molar refractivity (Wildman–Crippen MR) is 84.9 cm³/mol. The third kappa shape index (κ3) is 6.50. The summed E-state index contributed by atoms with van der Waals surface area (Å²) in [4.78, 5) is 11.6. The maximum atomic E-state index is 11.6. The van der Waals surface area contributed by atoms with Crippen LogP contribution in [0.15, 0.2) is 29.4 Å². The van der Waals surface area contributed by atoms with Crippen molar-refractivity contribution in [3.05, 3.63) is 35.4 Å². The number of nitrogens with zero attached hydrogens (tertiary/aromatic N) is 1. The SMILES string of the molecule is CCCCCCCC(=O)N/N=C(/C)c1ccc(C)cc1. The molecule has 0 bridgehead atoms. The first-order valence-electron chi connectivity index (χ1n) is 7.53. The molecule has 0 unspecified atom stereocenters. The van der Waals surface area contributed by atoms with Gasteiger partial charge in [-0.25, -0.2) is 5.43 Å². The van der Waals surface area contributed by atoms with Crippen molar-refractivity contribution in [2.45, 2.75) is 59.3 Å². The smallest absolute Gasteiger partial charge is 0.240 e. The van der Waals surface area contributed by atoms with Crippen molar-refractivity contribution in [2.75, 3.05) is 0 Å². The first kappa shape index (κ1) is 16.4. The Balaban J connectivity index is 2.31. The average molecular weight is 274 g/mol. The van der Waals surface area contributed by atoms with E-state index in [1.54, 1.807) is 0 Å². The van der Waals surface area contributed by atoms with Crippen LogP contribution < -0.4 is 5.43 Å². The number of nitrogens with one attached hydrogen (secondary N) is 1. The molecule has 110 valence electrons. The van der Waals surface area contributed by atoms with E-state index in [4.69, 9.17) is 0 Å². The summed E-state index contributed by atoms with van der Waals surface area (Å²) < 4.78 is 0. The third-order valence-electron chi connectivity index (χ3n) is 3.33. The molecule has 0 aromatic heterocycles. The van der Waals surface area contributed by atoms with Crippen LogP contribution >= 0.6 is 0 Å². The standard InChI is InChI=1S/C17H26N2O/c1-4-5-6-7-8-9-17(20)19-18-15(3)16-12-10-14(2)11-13-16/h10-13H,4-9H2,1-3H3,(H,19,20)/b18-15-. The van der Waals surface area contributed by atoms with E-state index in [0.29, 0.717) is 6.42 Å². The molecule has 0 aliphatic rings. The summed E-state index contributed by atoms with van der Waals surface area (Å²) in [5, 5.41) is 4.16. The van der Waals surface area contributed by atoms with Gasteiger partial charge in [-0.15, -0.1) is 0 Å². The third-order valence-corrected chi connectivity index (χ3v) is 3.33. The van der Waals surface area contributed by atoms with E-state index in [1.165, 1.54) is 24.8 Å². The van der Waals surface area contributed by atoms with Crippen LogP contribution in [0, 0.1) is 6.92 Å². The molecule has 1 rings (SSSR count). The van der Waals surface area contributed by atoms with Gasteiger partial charge < -0.3 is 0 Å². The molecule has 0 aliphatic heterocycles. The summed E-state index contributed by atoms with van der Waals surface area (Å²) >= 11 is 0. The molecule has 1 N–H and O–H groups in total. The van der Waals surface area contributed by atoms with Crippen LogP contribution in [0.5, 0.6) is 0 Å². The van der Waals surface area contributed by atoms with Crippen LogP contribution in [0.3, 0.4) is 0 Å². The molecule has 0 saturated heterocycles. The highest BCUT2D eigenvalue weighted by atomic mass is 16.2. The molecular weight excluding hydrogens is 248 g/mol. The zero-order chi connectivity index (χ0) is 14.8. The Hall–Kier alpha value is -1.64. The number of unbranched alkanes of at least 4 members (excludes halogenated alkanes) is 4. The molecule has 0 fully saturated rings. The Morgan fingerprint density at radius 3 is 2.40 bits per heavy atom. The lowest BCUT2D eigenvalue weighted by Crippen LogP contribution is -2.18. The summed E-state index contributed by atoms with van der Waals surface area (Å²) in [5.41, 5.74) is 5.73. The lowest BCUT2D eigenvalue weighted by Gasteiger charge is -2.03. The molecule has 3 nitrogen and oxygen atoms in total. The lowest BCUT2D eigenvalue weighted by molar-refractivity contribution is -0.121. The Kier molecular flexibility index (Phi) is 7.63. The zero-order valence-electron chi connectivity index (χ0n) is 12.9. The Bertz CT molecular complexity index is 435. The molecule has 20 heavy (non-hydrogen) atoms. The van der Waals surface area contributed by atoms with Gasteiger partial charge in [0, 0.05) is 6.42 Å². The first-order valence-corrected chi connectivity index (χ1v) is 7.53. The second-order valence-corrected chi connectivity index (χ2v) is 5.26. The van der Waals surface area contributed by atoms with E-state index in [0.717, 1.165) is 24.1 Å². The van der Waals surface area contributed by atoms with Gasteiger partial charge in [0.2, 0.25) is 5.91 Å². The van der Waals surface area contributed by atoms with Crippen molar-refractivity contribution < 1.29 is 4.79 Å². The predicted octanol–water partition coefficient (Wildman–Crippen LogP) is 4.20. The van der Waals surface area contributed by atoms with E-state index < -0.39 is 0 Å². The van der Waals surface area contributed by atoms with E-state index in [2.05, 4.69) is 24.4 Å². The van der Waals surface area contributed by atoms with Crippen LogP contribution in [0.25, 0.3) is 0 Å². The molecule has 0 heterocycles. The van der Waals surface area contributed by atoms with Crippen molar-refractivity contribution in [1.82, 2.24) is 5.43 Å². The quantitative estimate of drug-likeness (QED) is 0.431. The molecule has 1 aromatic carbocycles. The second kappa shape index (κ2) is 9.29. The second-order valence-electron chi connectivity index (χ2n) is 5.26. The van der Waals surface area contributed by atoms with Crippen molar-refractivity contribution in [3.8, 4) is 0 Å². The van der Waals surface area contributed by atoms with Crippen LogP contribution in [-0.2, 0) is 4.79 Å². The van der Waals surface area contributed by atoms with Crippen LogP contribution in [0.4, 0.5) is 0 Å². The number of hydrogen-bond donors (Lipinski definition) is 1. The summed E-state index contributed by atoms with van der Waals surface area (Å²) in [6, 6.07) is 8.13. The Morgan fingerprint density at radius 2 is 1.75 bits per heavy atom. The number of benzene rings is 1. The number of carbonyl (C=O) groups excluding carboxylic acids is 1. The Morgan fingerprint density at radius 1 is 1.10 bits per heavy atom. The summed E-state index contributed by atoms with van der Waals surface area (Å²) in [7, 11) is 0. The number of hydrazone groups is 1. The normalized spacial score (nSPS) is 11.4. The number of rotatable bonds is 8. The van der Waals surface area contributed by atoms with Crippen molar-refractivity contribution >= 4 is 11.6 Å². The highest BCUT2D eigenvalue weighted by Gasteiger charge is 2.01. The van der Waals surface area contributed by atoms with Gasteiger partial charge in [-0.1, -0.05) is 62.4 Å². The monoisotopic (exact) mass is 274 g/mol. The maximum absolute atomic E-state index is 11.6. The molecule has 3 heteroatoms. The van der Waals surface area contributed by atoms with Gasteiger partial charge in [0.1, 0.15) is 0 Å². The topological polar surface area (TPSA) is 41.5 Å². The lowest BCUT2D eigenvalue weighted by atomic mass is 10.1. The summed E-state index contributed by atoms with van der Waals surface area (Å²) in [6.07, 6.45) is 6.34. The van der Waals surface area contributed by atoms with Gasteiger partial charge >= 0.3 is 0 Å². The van der Waals surface area contributed by atoms with Crippen molar-refractivity contribution in [1.29, 1.82) is 0 Å². The van der Waals surface area contributed by atoms with Crippen molar-refractivity contribution in [3.63, 3.8) is 0 Å². The zero-order valence-corrected chi connectivity index (χ0v) is 12.9. The van der Waals surface area contributed by atoms with Gasteiger partial charge in [-0.2, -0.15) is 5.10 Å². The number of aryl methyl sites for hydroxylation is 1. The molecule has 1 amide bonds. The highest BCUT2D eigenvalue weighted by Crippen LogP contribution is 2.06.